The van der Waals surface area contributed by atoms with E-state index in [1.165, 1.54) is 44.5 Å². The van der Waals surface area contributed by atoms with Gasteiger partial charge in [-0.25, -0.2) is 0 Å². The number of hydrogen-bond acceptors (Lipinski definition) is 2. The van der Waals surface area contributed by atoms with Gasteiger partial charge in [-0.05, 0) is 57.3 Å². The molecule has 104 valence electrons. The molecule has 0 amide bonds. The van der Waals surface area contributed by atoms with Gasteiger partial charge in [0.05, 0.1) is 0 Å². The molecule has 0 aromatic heterocycles. The fourth-order valence-electron chi connectivity index (χ4n) is 4.22. The molecule has 1 N–H and O–H groups in total. The lowest BCUT2D eigenvalue weighted by molar-refractivity contribution is 0.0541. The predicted octanol–water partition coefficient (Wildman–Crippen LogP) is 2.78. The molecule has 19 heavy (non-hydrogen) atoms. The third kappa shape index (κ3) is 2.56. The van der Waals surface area contributed by atoms with Gasteiger partial charge < -0.3 is 10.2 Å². The van der Waals surface area contributed by atoms with Crippen LogP contribution in [0.5, 0.6) is 0 Å². The van der Waals surface area contributed by atoms with E-state index in [-0.39, 0.29) is 0 Å². The molecule has 2 fully saturated rings. The highest BCUT2D eigenvalue weighted by molar-refractivity contribution is 5.28. The molecule has 2 heteroatoms. The van der Waals surface area contributed by atoms with Crippen molar-refractivity contribution in [3.63, 3.8) is 0 Å². The molecule has 2 aliphatic heterocycles. The molecular formula is C17H26N2. The Hall–Kier alpha value is -0.860. The zero-order valence-corrected chi connectivity index (χ0v) is 12.3. The van der Waals surface area contributed by atoms with Gasteiger partial charge in [0.25, 0.3) is 0 Å². The number of rotatable bonds is 1. The summed E-state index contributed by atoms with van der Waals surface area (Å²) in [6.07, 6.45) is 4.09. The maximum Gasteiger partial charge on any atom is 0.00418 e. The average Bonchev–Trinajstić information content (AvgIpc) is 2.39. The Kier molecular flexibility index (Phi) is 3.64. The molecule has 2 heterocycles. The van der Waals surface area contributed by atoms with Gasteiger partial charge in [0.1, 0.15) is 0 Å². The second-order valence-corrected chi connectivity index (χ2v) is 6.62. The molecular weight excluding hydrogens is 232 g/mol. The average molecular weight is 258 g/mol. The maximum absolute atomic E-state index is 3.62. The number of nitrogens with zero attached hydrogens (tertiary/aromatic N) is 1. The van der Waals surface area contributed by atoms with E-state index >= 15 is 0 Å². The number of hydrogen-bond donors (Lipinski definition) is 1. The molecule has 0 bridgehead atoms. The van der Waals surface area contributed by atoms with Crippen molar-refractivity contribution in [1.82, 2.24) is 10.2 Å². The van der Waals surface area contributed by atoms with Crippen LogP contribution in [-0.2, 0) is 0 Å². The van der Waals surface area contributed by atoms with Crippen LogP contribution in [0.25, 0.3) is 0 Å². The lowest BCUT2D eigenvalue weighted by Crippen LogP contribution is -2.51. The van der Waals surface area contributed by atoms with E-state index in [2.05, 4.69) is 48.5 Å². The summed E-state index contributed by atoms with van der Waals surface area (Å²) in [5.41, 5.74) is 3.44. The first-order valence-corrected chi connectivity index (χ1v) is 7.65. The summed E-state index contributed by atoms with van der Waals surface area (Å²) in [7, 11) is 2.29. The normalized spacial score (nSPS) is 32.6. The first-order chi connectivity index (χ1) is 9.20. The molecule has 0 saturated carbocycles. The first-order valence-electron chi connectivity index (χ1n) is 7.65. The predicted molar refractivity (Wildman–Crippen MR) is 80.6 cm³/mol. The number of piperidine rings is 2. The van der Waals surface area contributed by atoms with E-state index in [0.29, 0.717) is 11.3 Å². The fourth-order valence-corrected chi connectivity index (χ4v) is 4.22. The Morgan fingerprint density at radius 1 is 1.32 bits per heavy atom. The summed E-state index contributed by atoms with van der Waals surface area (Å²) in [6, 6.07) is 9.16. The Labute approximate surface area is 117 Å². The highest BCUT2D eigenvalue weighted by atomic mass is 15.1. The SMILES string of the molecule is Cc1cccc(C2CNCCC23CCCN(C)C3)c1. The second-order valence-electron chi connectivity index (χ2n) is 6.62. The standard InChI is InChI=1S/C17H26N2/c1-14-5-3-6-15(11-14)16-12-18-9-8-17(16)7-4-10-19(2)13-17/h3,5-6,11,16,18H,4,7-10,12-13H2,1-2H3. The number of aryl methyl sites for hydroxylation is 1. The van der Waals surface area contributed by atoms with Crippen LogP contribution in [0.15, 0.2) is 24.3 Å². The van der Waals surface area contributed by atoms with Gasteiger partial charge >= 0.3 is 0 Å². The minimum atomic E-state index is 0.506. The van der Waals surface area contributed by atoms with E-state index in [4.69, 9.17) is 0 Å². The van der Waals surface area contributed by atoms with E-state index in [1.807, 2.05) is 0 Å². The highest BCUT2D eigenvalue weighted by Crippen LogP contribution is 2.46. The molecule has 0 radical (unpaired) electrons. The molecule has 2 unspecified atom stereocenters. The first kappa shape index (κ1) is 13.1. The lowest BCUT2D eigenvalue weighted by Gasteiger charge is -2.50. The third-order valence-corrected chi connectivity index (χ3v) is 5.13. The topological polar surface area (TPSA) is 15.3 Å². The molecule has 1 spiro atoms. The van der Waals surface area contributed by atoms with Crippen LogP contribution < -0.4 is 5.32 Å². The van der Waals surface area contributed by atoms with Crippen molar-refractivity contribution in [2.45, 2.75) is 32.1 Å². The van der Waals surface area contributed by atoms with Gasteiger partial charge in [0.2, 0.25) is 0 Å². The van der Waals surface area contributed by atoms with Gasteiger partial charge in [-0.1, -0.05) is 29.8 Å². The van der Waals surface area contributed by atoms with Crippen LogP contribution in [-0.4, -0.2) is 38.1 Å². The van der Waals surface area contributed by atoms with Crippen LogP contribution in [0.3, 0.4) is 0 Å². The van der Waals surface area contributed by atoms with Gasteiger partial charge in [0.15, 0.2) is 0 Å². The Bertz CT molecular complexity index is 439. The van der Waals surface area contributed by atoms with Crippen molar-refractivity contribution in [2.75, 3.05) is 33.2 Å². The summed E-state index contributed by atoms with van der Waals surface area (Å²) in [4.78, 5) is 2.54. The van der Waals surface area contributed by atoms with Gasteiger partial charge in [0, 0.05) is 19.0 Å². The third-order valence-electron chi connectivity index (χ3n) is 5.13. The number of benzene rings is 1. The van der Waals surface area contributed by atoms with Gasteiger partial charge in [-0.15, -0.1) is 0 Å². The molecule has 3 rings (SSSR count). The van der Waals surface area contributed by atoms with E-state index in [9.17, 15) is 0 Å². The summed E-state index contributed by atoms with van der Waals surface area (Å²) >= 11 is 0. The summed E-state index contributed by atoms with van der Waals surface area (Å²) in [5, 5.41) is 3.62. The smallest absolute Gasteiger partial charge is 0.00418 e. The van der Waals surface area contributed by atoms with Crippen molar-refractivity contribution in [2.24, 2.45) is 5.41 Å². The van der Waals surface area contributed by atoms with E-state index in [0.717, 1.165) is 6.54 Å². The van der Waals surface area contributed by atoms with Crippen LogP contribution in [0, 0.1) is 12.3 Å². The summed E-state index contributed by atoms with van der Waals surface area (Å²) in [6.45, 7) is 7.09. The zero-order valence-electron chi connectivity index (χ0n) is 12.3. The van der Waals surface area contributed by atoms with Gasteiger partial charge in [-0.3, -0.25) is 0 Å². The maximum atomic E-state index is 3.62. The summed E-state index contributed by atoms with van der Waals surface area (Å²) < 4.78 is 0. The van der Waals surface area contributed by atoms with E-state index < -0.39 is 0 Å². The number of likely N-dealkylation sites (tertiary alicyclic amines) is 1. The van der Waals surface area contributed by atoms with Crippen molar-refractivity contribution in [3.05, 3.63) is 35.4 Å². The largest absolute Gasteiger partial charge is 0.316 e. The quantitative estimate of drug-likeness (QED) is 0.833. The minimum absolute atomic E-state index is 0.506. The fraction of sp³-hybridized carbons (Fsp3) is 0.647. The molecule has 1 aromatic rings. The van der Waals surface area contributed by atoms with Crippen molar-refractivity contribution >= 4 is 0 Å². The molecule has 1 aromatic carbocycles. The van der Waals surface area contributed by atoms with Crippen molar-refractivity contribution in [1.29, 1.82) is 0 Å². The molecule has 2 saturated heterocycles. The Morgan fingerprint density at radius 2 is 2.21 bits per heavy atom. The van der Waals surface area contributed by atoms with Crippen LogP contribution in [0.1, 0.15) is 36.3 Å². The second kappa shape index (κ2) is 5.26. The van der Waals surface area contributed by atoms with E-state index in [1.54, 1.807) is 5.56 Å². The molecule has 2 nitrogen and oxygen atoms in total. The van der Waals surface area contributed by atoms with Gasteiger partial charge in [-0.2, -0.15) is 0 Å². The zero-order chi connectivity index (χ0) is 13.3. The van der Waals surface area contributed by atoms with Crippen molar-refractivity contribution < 1.29 is 0 Å². The van der Waals surface area contributed by atoms with Crippen LogP contribution in [0.2, 0.25) is 0 Å². The monoisotopic (exact) mass is 258 g/mol. The minimum Gasteiger partial charge on any atom is -0.316 e. The lowest BCUT2D eigenvalue weighted by atomic mass is 9.64. The number of nitrogens with one attached hydrogen (secondary N) is 1. The Morgan fingerprint density at radius 3 is 3.00 bits per heavy atom. The summed E-state index contributed by atoms with van der Waals surface area (Å²) in [5.74, 6) is 0.684. The molecule has 2 aliphatic rings. The highest BCUT2D eigenvalue weighted by Gasteiger charge is 2.43. The van der Waals surface area contributed by atoms with Crippen LogP contribution >= 0.6 is 0 Å². The Balaban J connectivity index is 1.92. The van der Waals surface area contributed by atoms with Crippen LogP contribution in [0.4, 0.5) is 0 Å². The molecule has 0 aliphatic carbocycles. The van der Waals surface area contributed by atoms with Crippen molar-refractivity contribution in [3.8, 4) is 0 Å². The molecule has 2 atom stereocenters.